The number of ether oxygens (including phenoxy) is 1. The largest absolute Gasteiger partial charge is 0.492 e. The van der Waals surface area contributed by atoms with Gasteiger partial charge in [-0.25, -0.2) is 0 Å². The molecule has 0 bridgehead atoms. The highest BCUT2D eigenvalue weighted by Gasteiger charge is 2.20. The Balaban J connectivity index is 1.30. The van der Waals surface area contributed by atoms with E-state index >= 15 is 0 Å². The fourth-order valence-electron chi connectivity index (χ4n) is 3.36. The molecule has 0 saturated carbocycles. The lowest BCUT2D eigenvalue weighted by molar-refractivity contribution is -0.122. The minimum atomic E-state index is 0.117. The van der Waals surface area contributed by atoms with Crippen LogP contribution in [0.4, 0.5) is 0 Å². The quantitative estimate of drug-likeness (QED) is 0.555. The van der Waals surface area contributed by atoms with Gasteiger partial charge in [0.05, 0.1) is 11.1 Å². The predicted octanol–water partition coefficient (Wildman–Crippen LogP) is 5.04. The molecule has 2 aromatic rings. The van der Waals surface area contributed by atoms with E-state index < -0.39 is 0 Å². The molecule has 1 aliphatic heterocycles. The first-order valence-electron chi connectivity index (χ1n) is 9.73. The molecule has 3 rings (SSSR count). The highest BCUT2D eigenvalue weighted by molar-refractivity contribution is 9.10. The molecule has 1 N–H and O–H groups in total. The molecule has 1 heterocycles. The molecule has 0 aliphatic carbocycles. The van der Waals surface area contributed by atoms with Crippen molar-refractivity contribution in [3.8, 4) is 5.75 Å². The summed E-state index contributed by atoms with van der Waals surface area (Å²) in [5.74, 6) is 0.933. The van der Waals surface area contributed by atoms with Crippen LogP contribution in [0.25, 0.3) is 0 Å². The van der Waals surface area contributed by atoms with Crippen molar-refractivity contribution < 1.29 is 9.53 Å². The van der Waals surface area contributed by atoms with E-state index in [9.17, 15) is 4.79 Å². The van der Waals surface area contributed by atoms with Crippen LogP contribution in [0.15, 0.2) is 53.0 Å². The summed E-state index contributed by atoms with van der Waals surface area (Å²) in [5.41, 5.74) is 1.27. The Morgan fingerprint density at radius 2 is 1.86 bits per heavy atom. The van der Waals surface area contributed by atoms with Gasteiger partial charge >= 0.3 is 0 Å². The molecule has 150 valence electrons. The van der Waals surface area contributed by atoms with Crippen LogP contribution in [0, 0.1) is 0 Å². The van der Waals surface area contributed by atoms with Gasteiger partial charge in [-0.15, -0.1) is 0 Å². The zero-order valence-electron chi connectivity index (χ0n) is 15.9. The second kappa shape index (κ2) is 10.8. The number of likely N-dealkylation sites (tertiary alicyclic amines) is 1. The SMILES string of the molecule is O=C(CCCOc1ccccc1Br)NC1CCN(Cc2ccc(Cl)cc2)CC1. The van der Waals surface area contributed by atoms with Crippen molar-refractivity contribution >= 4 is 33.4 Å². The Hall–Kier alpha value is -1.56. The second-order valence-corrected chi connectivity index (χ2v) is 8.42. The third kappa shape index (κ3) is 6.80. The number of carbonyl (C=O) groups is 1. The monoisotopic (exact) mass is 464 g/mol. The summed E-state index contributed by atoms with van der Waals surface area (Å²) in [6, 6.07) is 16.0. The summed E-state index contributed by atoms with van der Waals surface area (Å²) in [4.78, 5) is 14.6. The van der Waals surface area contributed by atoms with Gasteiger partial charge in [-0.1, -0.05) is 35.9 Å². The molecular weight excluding hydrogens is 440 g/mol. The summed E-state index contributed by atoms with van der Waals surface area (Å²) >= 11 is 9.40. The van der Waals surface area contributed by atoms with Crippen molar-refractivity contribution in [2.75, 3.05) is 19.7 Å². The van der Waals surface area contributed by atoms with Crippen LogP contribution in [0.5, 0.6) is 5.75 Å². The van der Waals surface area contributed by atoms with Crippen LogP contribution in [-0.4, -0.2) is 36.5 Å². The fourth-order valence-corrected chi connectivity index (χ4v) is 3.89. The molecule has 0 aromatic heterocycles. The van der Waals surface area contributed by atoms with Gasteiger partial charge in [-0.2, -0.15) is 0 Å². The van der Waals surface area contributed by atoms with E-state index in [4.69, 9.17) is 16.3 Å². The summed E-state index contributed by atoms with van der Waals surface area (Å²) in [7, 11) is 0. The molecule has 6 heteroatoms. The van der Waals surface area contributed by atoms with Gasteiger partial charge in [-0.05, 0) is 65.0 Å². The van der Waals surface area contributed by atoms with Crippen LogP contribution in [0.1, 0.15) is 31.2 Å². The first-order chi connectivity index (χ1) is 13.6. The first kappa shape index (κ1) is 21.2. The maximum absolute atomic E-state index is 12.2. The minimum absolute atomic E-state index is 0.117. The Bertz CT molecular complexity index is 761. The number of benzene rings is 2. The first-order valence-corrected chi connectivity index (χ1v) is 10.9. The number of halogens is 2. The van der Waals surface area contributed by atoms with Crippen molar-refractivity contribution in [3.05, 3.63) is 63.6 Å². The Morgan fingerprint density at radius 1 is 1.14 bits per heavy atom. The van der Waals surface area contributed by atoms with Crippen LogP contribution in [0.3, 0.4) is 0 Å². The fraction of sp³-hybridized carbons (Fsp3) is 0.409. The average molecular weight is 466 g/mol. The van der Waals surface area contributed by atoms with Crippen LogP contribution < -0.4 is 10.1 Å². The molecule has 1 fully saturated rings. The van der Waals surface area contributed by atoms with E-state index in [-0.39, 0.29) is 11.9 Å². The number of amides is 1. The Labute approximate surface area is 180 Å². The number of hydrogen-bond acceptors (Lipinski definition) is 3. The van der Waals surface area contributed by atoms with E-state index in [1.165, 1.54) is 5.56 Å². The van der Waals surface area contributed by atoms with Crippen molar-refractivity contribution in [1.82, 2.24) is 10.2 Å². The zero-order chi connectivity index (χ0) is 19.8. The maximum atomic E-state index is 12.2. The number of piperidine rings is 1. The highest BCUT2D eigenvalue weighted by Crippen LogP contribution is 2.24. The Kier molecular flexibility index (Phi) is 8.19. The minimum Gasteiger partial charge on any atom is -0.492 e. The van der Waals surface area contributed by atoms with Gasteiger partial charge < -0.3 is 10.1 Å². The van der Waals surface area contributed by atoms with Gasteiger partial charge in [0.25, 0.3) is 0 Å². The lowest BCUT2D eigenvalue weighted by Crippen LogP contribution is -2.44. The lowest BCUT2D eigenvalue weighted by atomic mass is 10.0. The average Bonchev–Trinajstić information content (AvgIpc) is 2.70. The van der Waals surface area contributed by atoms with Gasteiger partial charge in [0.15, 0.2) is 0 Å². The third-order valence-electron chi connectivity index (χ3n) is 4.91. The maximum Gasteiger partial charge on any atom is 0.220 e. The van der Waals surface area contributed by atoms with Crippen LogP contribution >= 0.6 is 27.5 Å². The molecule has 2 aromatic carbocycles. The molecule has 0 radical (unpaired) electrons. The Morgan fingerprint density at radius 3 is 2.57 bits per heavy atom. The summed E-state index contributed by atoms with van der Waals surface area (Å²) in [6.45, 7) is 3.47. The molecule has 0 atom stereocenters. The summed E-state index contributed by atoms with van der Waals surface area (Å²) in [6.07, 6.45) is 3.19. The second-order valence-electron chi connectivity index (χ2n) is 7.13. The molecule has 28 heavy (non-hydrogen) atoms. The van der Waals surface area contributed by atoms with E-state index in [0.29, 0.717) is 19.4 Å². The van der Waals surface area contributed by atoms with E-state index in [1.54, 1.807) is 0 Å². The standard InChI is InChI=1S/C22H26BrClN2O2/c23-20-4-1-2-5-21(20)28-15-3-6-22(27)25-19-11-13-26(14-12-19)16-17-7-9-18(24)10-8-17/h1-2,4-5,7-10,19H,3,6,11-16H2,(H,25,27). The van der Waals surface area contributed by atoms with Crippen molar-refractivity contribution in [2.45, 2.75) is 38.3 Å². The topological polar surface area (TPSA) is 41.6 Å². The van der Waals surface area contributed by atoms with Gasteiger partial charge in [0.2, 0.25) is 5.91 Å². The molecule has 1 amide bonds. The summed E-state index contributed by atoms with van der Waals surface area (Å²) in [5, 5.41) is 3.94. The van der Waals surface area contributed by atoms with Gasteiger partial charge in [-0.3, -0.25) is 9.69 Å². The molecule has 4 nitrogen and oxygen atoms in total. The summed E-state index contributed by atoms with van der Waals surface area (Å²) < 4.78 is 6.65. The van der Waals surface area contributed by atoms with Crippen LogP contribution in [0.2, 0.25) is 5.02 Å². The number of para-hydroxylation sites is 1. The molecule has 1 saturated heterocycles. The van der Waals surface area contributed by atoms with Gasteiger partial charge in [0, 0.05) is 37.1 Å². The van der Waals surface area contributed by atoms with Crippen molar-refractivity contribution in [3.63, 3.8) is 0 Å². The smallest absolute Gasteiger partial charge is 0.220 e. The zero-order valence-corrected chi connectivity index (χ0v) is 18.2. The number of carbonyl (C=O) groups excluding carboxylic acids is 1. The molecule has 0 spiro atoms. The number of hydrogen-bond donors (Lipinski definition) is 1. The molecule has 0 unspecified atom stereocenters. The number of nitrogens with zero attached hydrogens (tertiary/aromatic N) is 1. The number of rotatable bonds is 8. The third-order valence-corrected chi connectivity index (χ3v) is 5.82. The van der Waals surface area contributed by atoms with E-state index in [1.807, 2.05) is 36.4 Å². The van der Waals surface area contributed by atoms with E-state index in [0.717, 1.165) is 47.7 Å². The predicted molar refractivity (Wildman–Crippen MR) is 117 cm³/mol. The van der Waals surface area contributed by atoms with Gasteiger partial charge in [0.1, 0.15) is 5.75 Å². The van der Waals surface area contributed by atoms with Crippen molar-refractivity contribution in [1.29, 1.82) is 0 Å². The van der Waals surface area contributed by atoms with Crippen molar-refractivity contribution in [2.24, 2.45) is 0 Å². The lowest BCUT2D eigenvalue weighted by Gasteiger charge is -2.32. The normalized spacial score (nSPS) is 15.4. The molecular formula is C22H26BrClN2O2. The highest BCUT2D eigenvalue weighted by atomic mass is 79.9. The van der Waals surface area contributed by atoms with Crippen LogP contribution in [-0.2, 0) is 11.3 Å². The van der Waals surface area contributed by atoms with E-state index in [2.05, 4.69) is 38.3 Å². The molecule has 1 aliphatic rings. The number of nitrogens with one attached hydrogen (secondary N) is 1.